The van der Waals surface area contributed by atoms with Gasteiger partial charge in [-0.1, -0.05) is 6.07 Å². The lowest BCUT2D eigenvalue weighted by molar-refractivity contribution is -0.384. The first kappa shape index (κ1) is 11.9. The number of hydrogen-bond donors (Lipinski definition) is 2. The van der Waals surface area contributed by atoms with Crippen LogP contribution >= 0.6 is 0 Å². The number of aryl methyl sites for hydroxylation is 1. The van der Waals surface area contributed by atoms with Gasteiger partial charge in [-0.05, 0) is 11.6 Å². The van der Waals surface area contributed by atoms with Crippen molar-refractivity contribution >= 4 is 17.3 Å². The highest BCUT2D eigenvalue weighted by atomic mass is 19.1. The third-order valence-electron chi connectivity index (χ3n) is 2.06. The number of nitrogens with zero attached hydrogens (tertiary/aromatic N) is 1. The van der Waals surface area contributed by atoms with Crippen LogP contribution in [0.15, 0.2) is 12.1 Å². The van der Waals surface area contributed by atoms with Crippen molar-refractivity contribution in [2.45, 2.75) is 6.42 Å². The predicted octanol–water partition coefficient (Wildman–Crippen LogP) is 1.39. The number of nitro groups is 1. The fraction of sp³-hybridized carbons (Fsp3) is 0.222. The van der Waals surface area contributed by atoms with E-state index < -0.39 is 28.8 Å². The molecular weight excluding hydrogens is 219 g/mol. The summed E-state index contributed by atoms with van der Waals surface area (Å²) < 4.78 is 12.2. The number of carbonyl (C=O) groups is 1. The molecule has 0 aliphatic heterocycles. The van der Waals surface area contributed by atoms with Gasteiger partial charge in [0.1, 0.15) is 11.3 Å². The molecule has 0 heterocycles. The van der Waals surface area contributed by atoms with Crippen LogP contribution < -0.4 is 5.73 Å². The Morgan fingerprint density at radius 3 is 2.62 bits per heavy atom. The molecule has 0 aliphatic carbocycles. The van der Waals surface area contributed by atoms with Crippen LogP contribution in [0.5, 0.6) is 0 Å². The zero-order chi connectivity index (χ0) is 12.3. The second kappa shape index (κ2) is 4.56. The first-order valence-corrected chi connectivity index (χ1v) is 4.34. The Hall–Kier alpha value is -2.18. The Bertz CT molecular complexity index is 447. The Kier molecular flexibility index (Phi) is 3.39. The van der Waals surface area contributed by atoms with Crippen molar-refractivity contribution in [3.05, 3.63) is 33.4 Å². The maximum absolute atomic E-state index is 12.2. The molecule has 6 nitrogen and oxygen atoms in total. The van der Waals surface area contributed by atoms with Crippen molar-refractivity contribution in [1.82, 2.24) is 0 Å². The number of nitrogen functional groups attached to an aromatic ring is 1. The number of carboxylic acid groups (broad SMARTS) is 1. The molecule has 1 aromatic rings. The number of halogens is 1. The lowest BCUT2D eigenvalue weighted by atomic mass is 10.0. The van der Waals surface area contributed by atoms with E-state index in [1.165, 1.54) is 12.1 Å². The van der Waals surface area contributed by atoms with Crippen LogP contribution in [0, 0.1) is 10.1 Å². The van der Waals surface area contributed by atoms with Gasteiger partial charge in [0.15, 0.2) is 0 Å². The maximum atomic E-state index is 12.2. The average molecular weight is 228 g/mol. The summed E-state index contributed by atoms with van der Waals surface area (Å²) in [6.45, 7) is -0.790. The largest absolute Gasteiger partial charge is 0.477 e. The Labute approximate surface area is 89.6 Å². The molecule has 3 N–H and O–H groups in total. The van der Waals surface area contributed by atoms with Crippen molar-refractivity contribution in [3.8, 4) is 0 Å². The van der Waals surface area contributed by atoms with Crippen LogP contribution in [0.3, 0.4) is 0 Å². The Morgan fingerprint density at radius 1 is 1.56 bits per heavy atom. The summed E-state index contributed by atoms with van der Waals surface area (Å²) in [6, 6.07) is 2.49. The van der Waals surface area contributed by atoms with Crippen molar-refractivity contribution in [1.29, 1.82) is 0 Å². The minimum Gasteiger partial charge on any atom is -0.477 e. The van der Waals surface area contributed by atoms with E-state index in [0.29, 0.717) is 0 Å². The van der Waals surface area contributed by atoms with Crippen LogP contribution in [-0.2, 0) is 6.42 Å². The van der Waals surface area contributed by atoms with E-state index in [0.717, 1.165) is 0 Å². The standard InChI is InChI=1S/C9H9FN2O4/c10-4-3-5-1-2-6(11)8(12(15)16)7(5)9(13)14/h1-2H,3-4,11H2,(H,13,14). The molecular formula is C9H9FN2O4. The molecule has 0 saturated carbocycles. The molecule has 0 atom stereocenters. The number of carboxylic acids is 1. The summed E-state index contributed by atoms with van der Waals surface area (Å²) in [6.07, 6.45) is -0.192. The second-order valence-corrected chi connectivity index (χ2v) is 3.04. The number of nitro benzene ring substituents is 1. The van der Waals surface area contributed by atoms with Crippen molar-refractivity contribution in [3.63, 3.8) is 0 Å². The predicted molar refractivity (Wildman–Crippen MR) is 54.1 cm³/mol. The Balaban J connectivity index is 3.49. The molecule has 16 heavy (non-hydrogen) atoms. The fourth-order valence-electron chi connectivity index (χ4n) is 1.39. The van der Waals surface area contributed by atoms with E-state index in [4.69, 9.17) is 10.8 Å². The molecule has 86 valence electrons. The van der Waals surface area contributed by atoms with Crippen LogP contribution in [0.25, 0.3) is 0 Å². The normalized spacial score (nSPS) is 10.1. The molecule has 0 saturated heterocycles. The van der Waals surface area contributed by atoms with E-state index in [2.05, 4.69) is 0 Å². The Morgan fingerprint density at radius 2 is 2.19 bits per heavy atom. The van der Waals surface area contributed by atoms with Crippen LogP contribution in [0.1, 0.15) is 15.9 Å². The van der Waals surface area contributed by atoms with E-state index in [-0.39, 0.29) is 17.7 Å². The number of benzene rings is 1. The molecule has 0 spiro atoms. The quantitative estimate of drug-likeness (QED) is 0.460. The summed E-state index contributed by atoms with van der Waals surface area (Å²) in [5.74, 6) is -1.48. The van der Waals surface area contributed by atoms with Gasteiger partial charge in [0, 0.05) is 6.42 Å². The number of rotatable bonds is 4. The topological polar surface area (TPSA) is 106 Å². The van der Waals surface area contributed by atoms with Gasteiger partial charge in [-0.15, -0.1) is 0 Å². The summed E-state index contributed by atoms with van der Waals surface area (Å²) in [5.41, 5.74) is 3.93. The second-order valence-electron chi connectivity index (χ2n) is 3.04. The maximum Gasteiger partial charge on any atom is 0.343 e. The molecule has 0 aliphatic rings. The number of alkyl halides is 1. The highest BCUT2D eigenvalue weighted by molar-refractivity contribution is 5.96. The van der Waals surface area contributed by atoms with Gasteiger partial charge in [0.05, 0.1) is 11.6 Å². The van der Waals surface area contributed by atoms with Crippen molar-refractivity contribution in [2.75, 3.05) is 12.4 Å². The highest BCUT2D eigenvalue weighted by Gasteiger charge is 2.26. The highest BCUT2D eigenvalue weighted by Crippen LogP contribution is 2.29. The van der Waals surface area contributed by atoms with E-state index in [1.807, 2.05) is 0 Å². The third kappa shape index (κ3) is 2.08. The number of anilines is 1. The summed E-state index contributed by atoms with van der Waals surface area (Å²) >= 11 is 0. The van der Waals surface area contributed by atoms with Gasteiger partial charge in [0.25, 0.3) is 0 Å². The third-order valence-corrected chi connectivity index (χ3v) is 2.06. The van der Waals surface area contributed by atoms with Crippen LogP contribution in [-0.4, -0.2) is 22.7 Å². The van der Waals surface area contributed by atoms with Crippen LogP contribution in [0.2, 0.25) is 0 Å². The van der Waals surface area contributed by atoms with Crippen LogP contribution in [0.4, 0.5) is 15.8 Å². The molecule has 0 aromatic heterocycles. The SMILES string of the molecule is Nc1ccc(CCF)c(C(=O)O)c1[N+](=O)[O-]. The monoisotopic (exact) mass is 228 g/mol. The van der Waals surface area contributed by atoms with Crippen molar-refractivity contribution in [2.24, 2.45) is 0 Å². The minimum atomic E-state index is -1.48. The smallest absolute Gasteiger partial charge is 0.343 e. The average Bonchev–Trinajstić information content (AvgIpc) is 2.19. The summed E-state index contributed by atoms with van der Waals surface area (Å²) in [7, 11) is 0. The summed E-state index contributed by atoms with van der Waals surface area (Å²) in [4.78, 5) is 20.7. The first-order valence-electron chi connectivity index (χ1n) is 4.34. The zero-order valence-corrected chi connectivity index (χ0v) is 8.14. The van der Waals surface area contributed by atoms with E-state index in [9.17, 15) is 19.3 Å². The van der Waals surface area contributed by atoms with E-state index >= 15 is 0 Å². The molecule has 0 unspecified atom stereocenters. The molecule has 0 fully saturated rings. The lowest BCUT2D eigenvalue weighted by Gasteiger charge is -2.06. The number of hydrogen-bond acceptors (Lipinski definition) is 4. The molecule has 0 amide bonds. The van der Waals surface area contributed by atoms with E-state index in [1.54, 1.807) is 0 Å². The molecule has 1 rings (SSSR count). The molecule has 7 heteroatoms. The van der Waals surface area contributed by atoms with Gasteiger partial charge >= 0.3 is 11.7 Å². The number of aromatic carboxylic acids is 1. The molecule has 0 radical (unpaired) electrons. The number of nitrogens with two attached hydrogens (primary N) is 1. The van der Waals surface area contributed by atoms with Gasteiger partial charge in [-0.3, -0.25) is 14.5 Å². The van der Waals surface area contributed by atoms with Gasteiger partial charge < -0.3 is 10.8 Å². The molecule has 1 aromatic carbocycles. The molecule has 0 bridgehead atoms. The lowest BCUT2D eigenvalue weighted by Crippen LogP contribution is -2.10. The first-order chi connectivity index (χ1) is 7.49. The van der Waals surface area contributed by atoms with Gasteiger partial charge in [-0.2, -0.15) is 0 Å². The summed E-state index contributed by atoms with van der Waals surface area (Å²) in [5, 5.41) is 19.5. The zero-order valence-electron chi connectivity index (χ0n) is 8.14. The van der Waals surface area contributed by atoms with Gasteiger partial charge in [0.2, 0.25) is 0 Å². The van der Waals surface area contributed by atoms with Gasteiger partial charge in [-0.25, -0.2) is 4.79 Å². The minimum absolute atomic E-state index is 0.0656. The fourth-order valence-corrected chi connectivity index (χ4v) is 1.39. The van der Waals surface area contributed by atoms with Crippen molar-refractivity contribution < 1.29 is 19.2 Å².